The number of anilines is 1. The third kappa shape index (κ3) is 2.60. The van der Waals surface area contributed by atoms with Crippen LogP contribution in [0.2, 0.25) is 0 Å². The summed E-state index contributed by atoms with van der Waals surface area (Å²) in [4.78, 5) is 14.8. The van der Waals surface area contributed by atoms with Crippen LogP contribution in [0.4, 0.5) is 10.5 Å². The van der Waals surface area contributed by atoms with Crippen molar-refractivity contribution < 1.29 is 14.6 Å². The molecular weight excluding hydrogens is 252 g/mol. The Kier molecular flexibility index (Phi) is 3.47. The Bertz CT molecular complexity index is 594. The van der Waals surface area contributed by atoms with Crippen LogP contribution in [-0.4, -0.2) is 11.1 Å². The predicted molar refractivity (Wildman–Crippen MR) is 68.1 cm³/mol. The number of nitrogens with two attached hydrogens (primary N) is 1. The molecule has 1 unspecified atom stereocenters. The van der Waals surface area contributed by atoms with Gasteiger partial charge >= 0.3 is 0 Å². The Morgan fingerprint density at radius 3 is 3.11 bits per heavy atom. The van der Waals surface area contributed by atoms with E-state index in [0.717, 1.165) is 10.2 Å². The first-order valence-electron chi connectivity index (χ1n) is 5.24. The number of carbonyl (C=O) groups is 1. The van der Waals surface area contributed by atoms with Crippen LogP contribution in [0, 0.1) is 0 Å². The van der Waals surface area contributed by atoms with Crippen molar-refractivity contribution in [3.8, 4) is 0 Å². The second-order valence-corrected chi connectivity index (χ2v) is 4.72. The number of nitrogens with zero attached hydrogens (tertiary/aromatic N) is 1. The van der Waals surface area contributed by atoms with Crippen molar-refractivity contribution in [1.29, 1.82) is 0 Å². The molecular formula is C12H11N2O3S-. The summed E-state index contributed by atoms with van der Waals surface area (Å²) < 4.78 is 5.61. The summed E-state index contributed by atoms with van der Waals surface area (Å²) in [6.45, 7) is 3.56. The molecule has 0 amide bonds. The molecule has 1 atom stereocenters. The molecule has 1 aromatic carbocycles. The monoisotopic (exact) mass is 263 g/mol. The second kappa shape index (κ2) is 5.05. The van der Waals surface area contributed by atoms with E-state index in [0.29, 0.717) is 17.1 Å². The third-order valence-electron chi connectivity index (χ3n) is 2.32. The molecule has 1 heterocycles. The van der Waals surface area contributed by atoms with Crippen LogP contribution in [0.25, 0.3) is 10.2 Å². The highest BCUT2D eigenvalue weighted by atomic mass is 32.1. The summed E-state index contributed by atoms with van der Waals surface area (Å²) in [6.07, 6.45) is -0.316. The van der Waals surface area contributed by atoms with Gasteiger partial charge in [0.1, 0.15) is 5.01 Å². The van der Waals surface area contributed by atoms with Gasteiger partial charge in [0.05, 0.1) is 16.3 Å². The van der Waals surface area contributed by atoms with Gasteiger partial charge in [-0.2, -0.15) is 0 Å². The summed E-state index contributed by atoms with van der Waals surface area (Å²) in [5, 5.41) is 11.1. The zero-order valence-electron chi connectivity index (χ0n) is 9.46. The Labute approximate surface area is 108 Å². The molecule has 94 valence electrons. The standard InChI is InChI=1S/C12H12N2O3S/c1-2-3-9(17-12(15)16)11-14-8-6-7(13)4-5-10(8)18-11/h2,4-6,9H,1,3,13H2,(H,15,16)/p-1. The number of hydrogen-bond acceptors (Lipinski definition) is 6. The van der Waals surface area contributed by atoms with Gasteiger partial charge in [0.25, 0.3) is 6.16 Å². The van der Waals surface area contributed by atoms with Gasteiger partial charge in [0, 0.05) is 5.69 Å². The maximum atomic E-state index is 10.5. The van der Waals surface area contributed by atoms with Crippen molar-refractivity contribution in [2.45, 2.75) is 12.5 Å². The highest BCUT2D eigenvalue weighted by Gasteiger charge is 2.14. The molecule has 2 N–H and O–H groups in total. The van der Waals surface area contributed by atoms with Crippen LogP contribution in [0.1, 0.15) is 17.5 Å². The fourth-order valence-electron chi connectivity index (χ4n) is 1.57. The summed E-state index contributed by atoms with van der Waals surface area (Å²) in [5.41, 5.74) is 7.00. The molecule has 0 aliphatic rings. The number of thiazole rings is 1. The number of fused-ring (bicyclic) bond motifs is 1. The Hall–Kier alpha value is -2.08. The maximum Gasteiger partial charge on any atom is 0.252 e. The molecule has 2 rings (SSSR count). The number of hydrogen-bond donors (Lipinski definition) is 1. The first-order chi connectivity index (χ1) is 8.60. The lowest BCUT2D eigenvalue weighted by atomic mass is 10.2. The van der Waals surface area contributed by atoms with E-state index in [4.69, 9.17) is 5.73 Å². The topological polar surface area (TPSA) is 88.3 Å². The average molecular weight is 263 g/mol. The fourth-order valence-corrected chi connectivity index (χ4v) is 2.56. The summed E-state index contributed by atoms with van der Waals surface area (Å²) in [7, 11) is 0. The number of rotatable bonds is 4. The lowest BCUT2D eigenvalue weighted by Gasteiger charge is -2.17. The van der Waals surface area contributed by atoms with Gasteiger partial charge in [-0.05, 0) is 24.6 Å². The van der Waals surface area contributed by atoms with Gasteiger partial charge in [0.15, 0.2) is 0 Å². The quantitative estimate of drug-likeness (QED) is 0.516. The fraction of sp³-hybridized carbons (Fsp3) is 0.167. The highest BCUT2D eigenvalue weighted by Crippen LogP contribution is 2.31. The number of carbonyl (C=O) groups excluding carboxylic acids is 1. The van der Waals surface area contributed by atoms with Crippen LogP contribution in [0.3, 0.4) is 0 Å². The first kappa shape index (κ1) is 12.4. The summed E-state index contributed by atoms with van der Waals surface area (Å²) >= 11 is 1.37. The van der Waals surface area contributed by atoms with E-state index in [1.54, 1.807) is 18.2 Å². The van der Waals surface area contributed by atoms with Crippen molar-refractivity contribution >= 4 is 33.4 Å². The van der Waals surface area contributed by atoms with Crippen LogP contribution < -0.4 is 10.8 Å². The number of benzene rings is 1. The number of nitrogen functional groups attached to an aromatic ring is 1. The SMILES string of the molecule is C=CCC(OC(=O)[O-])c1nc2cc(N)ccc2s1. The van der Waals surface area contributed by atoms with E-state index in [1.807, 2.05) is 6.07 Å². The lowest BCUT2D eigenvalue weighted by Crippen LogP contribution is -2.25. The molecule has 0 radical (unpaired) electrons. The summed E-state index contributed by atoms with van der Waals surface area (Å²) in [6, 6.07) is 5.35. The van der Waals surface area contributed by atoms with Crippen molar-refractivity contribution in [2.24, 2.45) is 0 Å². The number of carboxylic acid groups (broad SMARTS) is 1. The lowest BCUT2D eigenvalue weighted by molar-refractivity contribution is -0.288. The number of ether oxygens (including phenoxy) is 1. The molecule has 1 aromatic heterocycles. The molecule has 18 heavy (non-hydrogen) atoms. The van der Waals surface area contributed by atoms with Crippen molar-refractivity contribution in [3.63, 3.8) is 0 Å². The molecule has 6 heteroatoms. The van der Waals surface area contributed by atoms with Crippen LogP contribution in [-0.2, 0) is 4.74 Å². The third-order valence-corrected chi connectivity index (χ3v) is 3.45. The van der Waals surface area contributed by atoms with Gasteiger partial charge < -0.3 is 20.4 Å². The van der Waals surface area contributed by atoms with Crippen LogP contribution in [0.15, 0.2) is 30.9 Å². The number of aromatic nitrogens is 1. The minimum Gasteiger partial charge on any atom is -0.539 e. The Morgan fingerprint density at radius 1 is 1.67 bits per heavy atom. The van der Waals surface area contributed by atoms with E-state index in [1.165, 1.54) is 11.3 Å². The van der Waals surface area contributed by atoms with Gasteiger partial charge in [-0.15, -0.1) is 17.9 Å². The first-order valence-corrected chi connectivity index (χ1v) is 6.06. The minimum absolute atomic E-state index is 0.350. The molecule has 0 spiro atoms. The normalized spacial score (nSPS) is 12.2. The Balaban J connectivity index is 2.37. The zero-order valence-corrected chi connectivity index (χ0v) is 10.3. The molecule has 2 aromatic rings. The minimum atomic E-state index is -1.57. The smallest absolute Gasteiger partial charge is 0.252 e. The van der Waals surface area contributed by atoms with Crippen LogP contribution >= 0.6 is 11.3 Å². The van der Waals surface area contributed by atoms with Gasteiger partial charge in [-0.3, -0.25) is 0 Å². The van der Waals surface area contributed by atoms with Crippen molar-refractivity contribution in [1.82, 2.24) is 4.98 Å². The molecule has 0 aliphatic carbocycles. The van der Waals surface area contributed by atoms with Gasteiger partial charge in [-0.1, -0.05) is 6.08 Å². The average Bonchev–Trinajstić information content (AvgIpc) is 2.70. The van der Waals surface area contributed by atoms with E-state index in [2.05, 4.69) is 16.3 Å². The largest absolute Gasteiger partial charge is 0.539 e. The maximum absolute atomic E-state index is 10.5. The van der Waals surface area contributed by atoms with E-state index in [-0.39, 0.29) is 0 Å². The molecule has 0 saturated heterocycles. The van der Waals surface area contributed by atoms with Crippen molar-refractivity contribution in [3.05, 3.63) is 35.9 Å². The van der Waals surface area contributed by atoms with Gasteiger partial charge in [-0.25, -0.2) is 4.98 Å². The van der Waals surface area contributed by atoms with Crippen molar-refractivity contribution in [2.75, 3.05) is 5.73 Å². The van der Waals surface area contributed by atoms with Gasteiger partial charge in [0.2, 0.25) is 0 Å². The highest BCUT2D eigenvalue weighted by molar-refractivity contribution is 7.18. The van der Waals surface area contributed by atoms with E-state index in [9.17, 15) is 9.90 Å². The second-order valence-electron chi connectivity index (χ2n) is 3.66. The van der Waals surface area contributed by atoms with Crippen LogP contribution in [0.5, 0.6) is 0 Å². The molecule has 0 saturated carbocycles. The molecule has 5 nitrogen and oxygen atoms in total. The zero-order chi connectivity index (χ0) is 13.1. The van der Waals surface area contributed by atoms with E-state index < -0.39 is 12.3 Å². The predicted octanol–water partition coefficient (Wildman–Crippen LogP) is 1.86. The Morgan fingerprint density at radius 2 is 2.44 bits per heavy atom. The molecule has 0 fully saturated rings. The van der Waals surface area contributed by atoms with E-state index >= 15 is 0 Å². The molecule has 0 aliphatic heterocycles. The summed E-state index contributed by atoms with van der Waals surface area (Å²) in [5.74, 6) is 0. The molecule has 0 bridgehead atoms.